The first-order valence-electron chi connectivity index (χ1n) is 6.57. The Balaban J connectivity index is 2.91. The number of ether oxygens (including phenoxy) is 3. The highest BCUT2D eigenvalue weighted by atomic mass is 16.5. The van der Waals surface area contributed by atoms with Crippen molar-refractivity contribution < 1.29 is 23.8 Å². The second-order valence-electron chi connectivity index (χ2n) is 4.57. The molecule has 1 aromatic carbocycles. The third-order valence-electron chi connectivity index (χ3n) is 2.72. The lowest BCUT2D eigenvalue weighted by atomic mass is 10.1. The van der Waals surface area contributed by atoms with E-state index in [1.54, 1.807) is 25.3 Å². The van der Waals surface area contributed by atoms with Gasteiger partial charge in [-0.1, -0.05) is 12.1 Å². The molecule has 0 spiro atoms. The summed E-state index contributed by atoms with van der Waals surface area (Å²) in [4.78, 5) is 21.9. The van der Waals surface area contributed by atoms with E-state index in [-0.39, 0.29) is 18.5 Å². The van der Waals surface area contributed by atoms with E-state index in [9.17, 15) is 9.59 Å². The molecule has 0 saturated heterocycles. The molecule has 5 nitrogen and oxygen atoms in total. The normalized spacial score (nSPS) is 11.0. The fourth-order valence-electron chi connectivity index (χ4n) is 1.74. The van der Waals surface area contributed by atoms with Crippen molar-refractivity contribution in [3.05, 3.63) is 35.4 Å². The summed E-state index contributed by atoms with van der Waals surface area (Å²) in [6, 6.07) is 5.28. The molecule has 0 unspecified atom stereocenters. The molecule has 0 amide bonds. The molecule has 0 aromatic heterocycles. The zero-order valence-electron chi connectivity index (χ0n) is 12.8. The van der Waals surface area contributed by atoms with Crippen LogP contribution in [0.2, 0.25) is 0 Å². The van der Waals surface area contributed by atoms with E-state index in [2.05, 4.69) is 0 Å². The molecule has 0 bridgehead atoms. The van der Waals surface area contributed by atoms with Crippen molar-refractivity contribution in [3.8, 4) is 11.5 Å². The molecule has 0 aliphatic heterocycles. The van der Waals surface area contributed by atoms with Crippen LogP contribution in [0.1, 0.15) is 26.3 Å². The van der Waals surface area contributed by atoms with Gasteiger partial charge in [0.2, 0.25) is 0 Å². The molecule has 0 atom stereocenters. The summed E-state index contributed by atoms with van der Waals surface area (Å²) >= 11 is 0. The van der Waals surface area contributed by atoms with Crippen molar-refractivity contribution in [3.63, 3.8) is 0 Å². The standard InChI is InChI=1S/C16H20O5/c1-11(10-20-12(2)17)8-9-14-15(19-4)6-5-7-16(14)21-13(3)18/h5-8H,9-10H2,1-4H3/b11-8-. The fourth-order valence-corrected chi connectivity index (χ4v) is 1.74. The summed E-state index contributed by atoms with van der Waals surface area (Å²) < 4.78 is 15.4. The molecule has 0 heterocycles. The number of methoxy groups -OCH3 is 1. The average Bonchev–Trinajstić information content (AvgIpc) is 2.42. The Bertz CT molecular complexity index is 546. The summed E-state index contributed by atoms with van der Waals surface area (Å²) in [5.74, 6) is 0.412. The maximum atomic E-state index is 11.1. The van der Waals surface area contributed by atoms with Crippen LogP contribution in [0.25, 0.3) is 0 Å². The van der Waals surface area contributed by atoms with Gasteiger partial charge in [-0.05, 0) is 31.1 Å². The number of hydrogen-bond acceptors (Lipinski definition) is 5. The second kappa shape index (κ2) is 8.09. The van der Waals surface area contributed by atoms with Crippen LogP contribution < -0.4 is 9.47 Å². The van der Waals surface area contributed by atoms with Crippen LogP contribution in [-0.4, -0.2) is 25.7 Å². The fraction of sp³-hybridized carbons (Fsp3) is 0.375. The summed E-state index contributed by atoms with van der Waals surface area (Å²) in [5, 5.41) is 0. The molecule has 0 N–H and O–H groups in total. The SMILES string of the molecule is COc1cccc(OC(C)=O)c1C/C=C(/C)COC(C)=O. The topological polar surface area (TPSA) is 61.8 Å². The van der Waals surface area contributed by atoms with Gasteiger partial charge in [-0.3, -0.25) is 9.59 Å². The van der Waals surface area contributed by atoms with E-state index in [1.807, 2.05) is 13.0 Å². The van der Waals surface area contributed by atoms with Gasteiger partial charge in [-0.15, -0.1) is 0 Å². The quantitative estimate of drug-likeness (QED) is 0.458. The lowest BCUT2D eigenvalue weighted by Crippen LogP contribution is -2.05. The van der Waals surface area contributed by atoms with E-state index < -0.39 is 0 Å². The van der Waals surface area contributed by atoms with Crippen LogP contribution in [-0.2, 0) is 20.7 Å². The molecule has 0 aliphatic rings. The highest BCUT2D eigenvalue weighted by molar-refractivity contribution is 5.70. The molecule has 0 radical (unpaired) electrons. The van der Waals surface area contributed by atoms with Crippen molar-refractivity contribution in [2.75, 3.05) is 13.7 Å². The van der Waals surface area contributed by atoms with E-state index in [0.29, 0.717) is 17.9 Å². The highest BCUT2D eigenvalue weighted by Gasteiger charge is 2.11. The average molecular weight is 292 g/mol. The van der Waals surface area contributed by atoms with Crippen LogP contribution in [0.3, 0.4) is 0 Å². The first-order valence-corrected chi connectivity index (χ1v) is 6.57. The van der Waals surface area contributed by atoms with Gasteiger partial charge in [0, 0.05) is 19.4 Å². The van der Waals surface area contributed by atoms with Gasteiger partial charge in [0.15, 0.2) is 0 Å². The number of carbonyl (C=O) groups is 2. The van der Waals surface area contributed by atoms with Crippen LogP contribution >= 0.6 is 0 Å². The molecular formula is C16H20O5. The zero-order chi connectivity index (χ0) is 15.8. The number of rotatable bonds is 6. The van der Waals surface area contributed by atoms with E-state index >= 15 is 0 Å². The summed E-state index contributed by atoms with van der Waals surface area (Å²) in [7, 11) is 1.56. The van der Waals surface area contributed by atoms with Gasteiger partial charge < -0.3 is 14.2 Å². The van der Waals surface area contributed by atoms with Gasteiger partial charge in [0.1, 0.15) is 18.1 Å². The molecule has 0 fully saturated rings. The van der Waals surface area contributed by atoms with Gasteiger partial charge in [-0.25, -0.2) is 0 Å². The minimum absolute atomic E-state index is 0.243. The molecule has 0 aliphatic carbocycles. The highest BCUT2D eigenvalue weighted by Crippen LogP contribution is 2.29. The van der Waals surface area contributed by atoms with Crippen molar-refractivity contribution >= 4 is 11.9 Å². The van der Waals surface area contributed by atoms with Crippen molar-refractivity contribution in [2.24, 2.45) is 0 Å². The largest absolute Gasteiger partial charge is 0.496 e. The van der Waals surface area contributed by atoms with E-state index in [0.717, 1.165) is 11.1 Å². The Kier molecular flexibility index (Phi) is 6.46. The lowest BCUT2D eigenvalue weighted by Gasteiger charge is -2.12. The minimum atomic E-state index is -0.384. The molecule has 0 saturated carbocycles. The number of carbonyl (C=O) groups excluding carboxylic acids is 2. The molecule has 114 valence electrons. The Hall–Kier alpha value is -2.30. The zero-order valence-corrected chi connectivity index (χ0v) is 12.8. The van der Waals surface area contributed by atoms with Gasteiger partial charge in [0.05, 0.1) is 7.11 Å². The maximum Gasteiger partial charge on any atom is 0.308 e. The Labute approximate surface area is 124 Å². The molecule has 21 heavy (non-hydrogen) atoms. The van der Waals surface area contributed by atoms with Crippen LogP contribution in [0, 0.1) is 0 Å². The van der Waals surface area contributed by atoms with Crippen molar-refractivity contribution in [2.45, 2.75) is 27.2 Å². The second-order valence-corrected chi connectivity index (χ2v) is 4.57. The van der Waals surface area contributed by atoms with Crippen molar-refractivity contribution in [1.29, 1.82) is 0 Å². The first kappa shape index (κ1) is 16.8. The van der Waals surface area contributed by atoms with Crippen molar-refractivity contribution in [1.82, 2.24) is 0 Å². The van der Waals surface area contributed by atoms with Crippen LogP contribution in [0.5, 0.6) is 11.5 Å². The van der Waals surface area contributed by atoms with E-state index in [4.69, 9.17) is 14.2 Å². The summed E-state index contributed by atoms with van der Waals surface area (Å²) in [5.41, 5.74) is 1.68. The first-order chi connectivity index (χ1) is 9.93. The molecule has 1 rings (SSSR count). The Morgan fingerprint density at radius 2 is 1.76 bits per heavy atom. The molecular weight excluding hydrogens is 272 g/mol. The minimum Gasteiger partial charge on any atom is -0.496 e. The van der Waals surface area contributed by atoms with Gasteiger partial charge in [-0.2, -0.15) is 0 Å². The summed E-state index contributed by atoms with van der Waals surface area (Å²) in [6.45, 7) is 4.83. The van der Waals surface area contributed by atoms with Gasteiger partial charge >= 0.3 is 11.9 Å². The monoisotopic (exact) mass is 292 g/mol. The predicted octanol–water partition coefficient (Wildman–Crippen LogP) is 2.67. The van der Waals surface area contributed by atoms with Crippen LogP contribution in [0.4, 0.5) is 0 Å². The Morgan fingerprint density at radius 1 is 1.10 bits per heavy atom. The summed E-state index contributed by atoms with van der Waals surface area (Å²) in [6.07, 6.45) is 2.42. The lowest BCUT2D eigenvalue weighted by molar-refractivity contribution is -0.140. The van der Waals surface area contributed by atoms with Gasteiger partial charge in [0.25, 0.3) is 0 Å². The van der Waals surface area contributed by atoms with E-state index in [1.165, 1.54) is 13.8 Å². The maximum absolute atomic E-state index is 11.1. The molecule has 1 aromatic rings. The predicted molar refractivity (Wildman–Crippen MR) is 78.4 cm³/mol. The van der Waals surface area contributed by atoms with Crippen LogP contribution in [0.15, 0.2) is 29.8 Å². The number of hydrogen-bond donors (Lipinski definition) is 0. The third-order valence-corrected chi connectivity index (χ3v) is 2.72. The number of esters is 2. The molecule has 5 heteroatoms. The smallest absolute Gasteiger partial charge is 0.308 e. The Morgan fingerprint density at radius 3 is 2.33 bits per heavy atom. The third kappa shape index (κ3) is 5.69. The number of benzene rings is 1. The number of allylic oxidation sites excluding steroid dienone is 1.